The molecule has 1 amide bonds. The molecule has 0 heterocycles. The molecule has 102 valence electrons. The average molecular weight is 248 g/mol. The highest BCUT2D eigenvalue weighted by molar-refractivity contribution is 5.83. The van der Waals surface area contributed by atoms with E-state index in [1.165, 1.54) is 0 Å². The van der Waals surface area contributed by atoms with Gasteiger partial charge >= 0.3 is 0 Å². The molecule has 0 radical (unpaired) electrons. The van der Waals surface area contributed by atoms with Gasteiger partial charge in [0.1, 0.15) is 0 Å². The number of amides is 1. The van der Waals surface area contributed by atoms with Crippen LogP contribution in [0.5, 0.6) is 0 Å². The second-order valence-corrected chi connectivity index (χ2v) is 4.27. The van der Waals surface area contributed by atoms with E-state index in [4.69, 9.17) is 25.7 Å². The fraction of sp³-hybridized carbons (Fsp3) is 0.909. The summed E-state index contributed by atoms with van der Waals surface area (Å²) in [6.07, 6.45) is 0.254. The van der Waals surface area contributed by atoms with Gasteiger partial charge in [-0.05, 0) is 20.3 Å². The predicted octanol–water partition coefficient (Wildman–Crippen LogP) is -0.353. The zero-order valence-electron chi connectivity index (χ0n) is 10.9. The second kappa shape index (κ2) is 8.41. The quantitative estimate of drug-likeness (QED) is 0.515. The van der Waals surface area contributed by atoms with Crippen molar-refractivity contribution in [2.24, 2.45) is 11.5 Å². The van der Waals surface area contributed by atoms with Crippen molar-refractivity contribution in [1.82, 2.24) is 0 Å². The van der Waals surface area contributed by atoms with Crippen LogP contribution < -0.4 is 11.5 Å². The Morgan fingerprint density at radius 1 is 1.29 bits per heavy atom. The molecule has 6 nitrogen and oxygen atoms in total. The summed E-state index contributed by atoms with van der Waals surface area (Å²) in [6.45, 7) is 5.51. The van der Waals surface area contributed by atoms with Crippen molar-refractivity contribution in [3.8, 4) is 0 Å². The van der Waals surface area contributed by atoms with E-state index in [9.17, 15) is 4.79 Å². The average Bonchev–Trinajstić information content (AvgIpc) is 2.22. The number of methoxy groups -OCH3 is 1. The molecular weight excluding hydrogens is 224 g/mol. The summed E-state index contributed by atoms with van der Waals surface area (Å²) in [5.74, 6) is -0.524. The zero-order valence-corrected chi connectivity index (χ0v) is 10.9. The van der Waals surface area contributed by atoms with Gasteiger partial charge in [-0.2, -0.15) is 0 Å². The van der Waals surface area contributed by atoms with Crippen molar-refractivity contribution < 1.29 is 19.0 Å². The van der Waals surface area contributed by atoms with E-state index < -0.39 is 11.4 Å². The van der Waals surface area contributed by atoms with E-state index in [1.807, 2.05) is 6.92 Å². The van der Waals surface area contributed by atoms with Crippen LogP contribution >= 0.6 is 0 Å². The van der Waals surface area contributed by atoms with Crippen molar-refractivity contribution in [1.29, 1.82) is 0 Å². The molecule has 6 heteroatoms. The van der Waals surface area contributed by atoms with Crippen molar-refractivity contribution in [3.05, 3.63) is 0 Å². The lowest BCUT2D eigenvalue weighted by molar-refractivity contribution is -0.124. The molecule has 2 atom stereocenters. The number of ether oxygens (including phenoxy) is 3. The van der Waals surface area contributed by atoms with Crippen LogP contribution in [-0.4, -0.2) is 51.1 Å². The number of rotatable bonds is 10. The van der Waals surface area contributed by atoms with Gasteiger partial charge in [0.15, 0.2) is 0 Å². The Kier molecular flexibility index (Phi) is 8.07. The van der Waals surface area contributed by atoms with Gasteiger partial charge in [-0.25, -0.2) is 0 Å². The van der Waals surface area contributed by atoms with E-state index in [2.05, 4.69) is 0 Å². The third-order valence-electron chi connectivity index (χ3n) is 2.34. The largest absolute Gasteiger partial charge is 0.382 e. The van der Waals surface area contributed by atoms with Gasteiger partial charge in [0.2, 0.25) is 5.91 Å². The van der Waals surface area contributed by atoms with Gasteiger partial charge in [-0.15, -0.1) is 0 Å². The van der Waals surface area contributed by atoms with Gasteiger partial charge in [0, 0.05) is 7.11 Å². The highest BCUT2D eigenvalue weighted by Gasteiger charge is 2.28. The fourth-order valence-electron chi connectivity index (χ4n) is 1.31. The minimum absolute atomic E-state index is 0.136. The first-order valence-electron chi connectivity index (χ1n) is 5.67. The van der Waals surface area contributed by atoms with E-state index in [0.717, 1.165) is 0 Å². The fourth-order valence-corrected chi connectivity index (χ4v) is 1.31. The molecule has 0 saturated heterocycles. The van der Waals surface area contributed by atoms with Crippen molar-refractivity contribution in [2.75, 3.05) is 33.5 Å². The van der Waals surface area contributed by atoms with E-state index >= 15 is 0 Å². The normalized spacial score (nSPS) is 16.5. The third kappa shape index (κ3) is 8.09. The Morgan fingerprint density at radius 3 is 2.41 bits per heavy atom. The van der Waals surface area contributed by atoms with Gasteiger partial charge in [-0.3, -0.25) is 4.79 Å². The molecule has 0 bridgehead atoms. The maximum Gasteiger partial charge on any atom is 0.237 e. The van der Waals surface area contributed by atoms with Crippen LogP contribution in [0.1, 0.15) is 20.3 Å². The SMILES string of the molecule is COCCOCCOC(C)CC(C)(N)C(N)=O. The van der Waals surface area contributed by atoms with Crippen LogP contribution in [0.2, 0.25) is 0 Å². The van der Waals surface area contributed by atoms with Crippen molar-refractivity contribution >= 4 is 5.91 Å². The molecule has 0 aliphatic carbocycles. The topological polar surface area (TPSA) is 96.8 Å². The van der Waals surface area contributed by atoms with Gasteiger partial charge < -0.3 is 25.7 Å². The molecule has 0 spiro atoms. The summed E-state index contributed by atoms with van der Waals surface area (Å²) >= 11 is 0. The number of nitrogens with two attached hydrogens (primary N) is 2. The Labute approximate surface area is 103 Å². The van der Waals surface area contributed by atoms with Crippen LogP contribution in [0.15, 0.2) is 0 Å². The molecule has 0 aromatic rings. The summed E-state index contributed by atoms with van der Waals surface area (Å²) in [4.78, 5) is 11.0. The Morgan fingerprint density at radius 2 is 1.88 bits per heavy atom. The maximum absolute atomic E-state index is 11.0. The lowest BCUT2D eigenvalue weighted by Gasteiger charge is -2.24. The minimum Gasteiger partial charge on any atom is -0.382 e. The first-order chi connectivity index (χ1) is 7.90. The molecule has 4 N–H and O–H groups in total. The van der Waals surface area contributed by atoms with Crippen LogP contribution in [0.4, 0.5) is 0 Å². The third-order valence-corrected chi connectivity index (χ3v) is 2.34. The van der Waals surface area contributed by atoms with E-state index in [0.29, 0.717) is 32.8 Å². The summed E-state index contributed by atoms with van der Waals surface area (Å²) < 4.78 is 15.5. The summed E-state index contributed by atoms with van der Waals surface area (Å²) in [5.41, 5.74) is 9.87. The summed E-state index contributed by atoms with van der Waals surface area (Å²) in [7, 11) is 1.62. The lowest BCUT2D eigenvalue weighted by Crippen LogP contribution is -2.51. The number of hydrogen-bond acceptors (Lipinski definition) is 5. The number of carbonyl (C=O) groups excluding carboxylic acids is 1. The molecule has 0 aromatic heterocycles. The molecule has 17 heavy (non-hydrogen) atoms. The first kappa shape index (κ1) is 16.3. The molecule has 2 unspecified atom stereocenters. The highest BCUT2D eigenvalue weighted by Crippen LogP contribution is 2.10. The van der Waals surface area contributed by atoms with Crippen LogP contribution in [-0.2, 0) is 19.0 Å². The van der Waals surface area contributed by atoms with E-state index in [1.54, 1.807) is 14.0 Å². The lowest BCUT2D eigenvalue weighted by atomic mass is 9.95. The van der Waals surface area contributed by atoms with Gasteiger partial charge in [0.25, 0.3) is 0 Å². The minimum atomic E-state index is -1.03. The maximum atomic E-state index is 11.0. The second-order valence-electron chi connectivity index (χ2n) is 4.27. The smallest absolute Gasteiger partial charge is 0.237 e. The van der Waals surface area contributed by atoms with Crippen LogP contribution in [0.25, 0.3) is 0 Å². The van der Waals surface area contributed by atoms with Gasteiger partial charge in [0.05, 0.1) is 38.1 Å². The molecule has 0 saturated carbocycles. The van der Waals surface area contributed by atoms with Crippen LogP contribution in [0, 0.1) is 0 Å². The van der Waals surface area contributed by atoms with E-state index in [-0.39, 0.29) is 6.10 Å². The molecule has 0 aromatic carbocycles. The molecule has 0 aliphatic heterocycles. The predicted molar refractivity (Wildman–Crippen MR) is 64.5 cm³/mol. The molecular formula is C11H24N2O4. The number of hydrogen-bond donors (Lipinski definition) is 2. The Balaban J connectivity index is 3.59. The summed E-state index contributed by atoms with van der Waals surface area (Å²) in [6, 6.07) is 0. The molecule has 0 fully saturated rings. The highest BCUT2D eigenvalue weighted by atomic mass is 16.5. The molecule has 0 rings (SSSR count). The monoisotopic (exact) mass is 248 g/mol. The standard InChI is InChI=1S/C11H24N2O4/c1-9(8-11(2,13)10(12)14)17-7-6-16-5-4-15-3/h9H,4-8,13H2,1-3H3,(H2,12,14). The summed E-state index contributed by atoms with van der Waals surface area (Å²) in [5, 5.41) is 0. The Bertz CT molecular complexity index is 222. The van der Waals surface area contributed by atoms with Crippen molar-refractivity contribution in [3.63, 3.8) is 0 Å². The number of primary amides is 1. The molecule has 0 aliphatic rings. The van der Waals surface area contributed by atoms with Crippen molar-refractivity contribution in [2.45, 2.75) is 31.9 Å². The van der Waals surface area contributed by atoms with Gasteiger partial charge in [-0.1, -0.05) is 0 Å². The number of carbonyl (C=O) groups is 1. The Hall–Kier alpha value is -0.690. The zero-order chi connectivity index (χ0) is 13.3. The first-order valence-corrected chi connectivity index (χ1v) is 5.67. The van der Waals surface area contributed by atoms with Crippen LogP contribution in [0.3, 0.4) is 0 Å².